The molecule has 0 saturated carbocycles. The third-order valence-electron chi connectivity index (χ3n) is 2.53. The first-order valence-corrected chi connectivity index (χ1v) is 6.13. The molecule has 1 aromatic carbocycles. The predicted molar refractivity (Wildman–Crippen MR) is 72.6 cm³/mol. The van der Waals surface area contributed by atoms with Crippen molar-refractivity contribution in [3.8, 4) is 0 Å². The Bertz CT molecular complexity index is 480. The number of ether oxygens (including phenoxy) is 1. The molecule has 0 unspecified atom stereocenters. The van der Waals surface area contributed by atoms with Gasteiger partial charge in [0.1, 0.15) is 5.82 Å². The van der Waals surface area contributed by atoms with Gasteiger partial charge < -0.3 is 21.1 Å². The molecule has 0 saturated heterocycles. The lowest BCUT2D eigenvalue weighted by Gasteiger charge is -2.07. The van der Waals surface area contributed by atoms with Gasteiger partial charge >= 0.3 is 0 Å². The fourth-order valence-electron chi connectivity index (χ4n) is 1.44. The molecular weight excluding hydrogens is 265 g/mol. The van der Waals surface area contributed by atoms with Crippen LogP contribution < -0.4 is 16.4 Å². The molecule has 0 spiro atoms. The van der Waals surface area contributed by atoms with Crippen molar-refractivity contribution in [2.75, 3.05) is 32.5 Å². The second kappa shape index (κ2) is 8.11. The van der Waals surface area contributed by atoms with Gasteiger partial charge in [-0.15, -0.1) is 0 Å². The number of nitrogens with one attached hydrogen (secondary N) is 2. The molecule has 0 aliphatic heterocycles. The van der Waals surface area contributed by atoms with E-state index in [0.717, 1.165) is 6.07 Å². The van der Waals surface area contributed by atoms with Gasteiger partial charge in [-0.05, 0) is 18.2 Å². The number of nitrogens with two attached hydrogens (primary N) is 1. The standard InChI is InChI=1S/C13H18FN3O3/c1-20-7-6-16-12(18)4-5-17-13(19)9-2-3-11(15)10(14)8-9/h2-3,8H,4-7,15H2,1H3,(H,16,18)(H,17,19). The highest BCUT2D eigenvalue weighted by Gasteiger charge is 2.08. The number of carbonyl (C=O) groups excluding carboxylic acids is 2. The second-order valence-corrected chi connectivity index (χ2v) is 4.08. The summed E-state index contributed by atoms with van der Waals surface area (Å²) in [6.07, 6.45) is 0.146. The van der Waals surface area contributed by atoms with Crippen LogP contribution in [0.25, 0.3) is 0 Å². The zero-order valence-corrected chi connectivity index (χ0v) is 11.2. The molecule has 0 heterocycles. The summed E-state index contributed by atoms with van der Waals surface area (Å²) in [5.74, 6) is -1.28. The summed E-state index contributed by atoms with van der Waals surface area (Å²) in [5.41, 5.74) is 5.47. The third kappa shape index (κ3) is 5.23. The van der Waals surface area contributed by atoms with Crippen molar-refractivity contribution in [2.45, 2.75) is 6.42 Å². The first-order chi connectivity index (χ1) is 9.54. The van der Waals surface area contributed by atoms with E-state index in [1.807, 2.05) is 0 Å². The monoisotopic (exact) mass is 283 g/mol. The summed E-state index contributed by atoms with van der Waals surface area (Å²) in [6, 6.07) is 3.80. The minimum absolute atomic E-state index is 0.0147. The Morgan fingerprint density at radius 1 is 1.30 bits per heavy atom. The average molecular weight is 283 g/mol. The molecule has 0 fully saturated rings. The fourth-order valence-corrected chi connectivity index (χ4v) is 1.44. The summed E-state index contributed by atoms with van der Waals surface area (Å²) in [7, 11) is 1.54. The van der Waals surface area contributed by atoms with Crippen LogP contribution in [0.15, 0.2) is 18.2 Å². The minimum atomic E-state index is -0.644. The Morgan fingerprint density at radius 2 is 2.05 bits per heavy atom. The normalized spacial score (nSPS) is 10.1. The quantitative estimate of drug-likeness (QED) is 0.495. The van der Waals surface area contributed by atoms with Gasteiger partial charge in [0, 0.05) is 32.2 Å². The smallest absolute Gasteiger partial charge is 0.251 e. The number of amides is 2. The van der Waals surface area contributed by atoms with Crippen LogP contribution in [-0.2, 0) is 9.53 Å². The van der Waals surface area contributed by atoms with Crippen molar-refractivity contribution < 1.29 is 18.7 Å². The Kier molecular flexibility index (Phi) is 6.45. The van der Waals surface area contributed by atoms with Gasteiger partial charge in [-0.25, -0.2) is 4.39 Å². The van der Waals surface area contributed by atoms with E-state index in [1.54, 1.807) is 0 Å². The van der Waals surface area contributed by atoms with E-state index >= 15 is 0 Å². The molecule has 7 heteroatoms. The SMILES string of the molecule is COCCNC(=O)CCNC(=O)c1ccc(N)c(F)c1. The van der Waals surface area contributed by atoms with Crippen LogP contribution in [0.2, 0.25) is 0 Å². The van der Waals surface area contributed by atoms with Gasteiger partial charge in [-0.3, -0.25) is 9.59 Å². The maximum absolute atomic E-state index is 13.2. The lowest BCUT2D eigenvalue weighted by Crippen LogP contribution is -2.32. The summed E-state index contributed by atoms with van der Waals surface area (Å²) in [5, 5.41) is 5.15. The van der Waals surface area contributed by atoms with Gasteiger partial charge in [-0.1, -0.05) is 0 Å². The largest absolute Gasteiger partial charge is 0.396 e. The number of hydrogen-bond acceptors (Lipinski definition) is 4. The molecule has 0 bridgehead atoms. The zero-order chi connectivity index (χ0) is 15.0. The molecule has 0 atom stereocenters. The highest BCUT2D eigenvalue weighted by molar-refractivity contribution is 5.94. The zero-order valence-electron chi connectivity index (χ0n) is 11.2. The molecule has 0 aliphatic carbocycles. The molecule has 2 amide bonds. The van der Waals surface area contributed by atoms with Crippen molar-refractivity contribution >= 4 is 17.5 Å². The molecule has 1 rings (SSSR count). The summed E-state index contributed by atoms with van der Waals surface area (Å²) in [4.78, 5) is 23.0. The fraction of sp³-hybridized carbons (Fsp3) is 0.385. The van der Waals surface area contributed by atoms with Gasteiger partial charge in [0.2, 0.25) is 5.91 Å². The Hall–Kier alpha value is -2.15. The molecule has 0 aliphatic rings. The van der Waals surface area contributed by atoms with Crippen molar-refractivity contribution in [3.63, 3.8) is 0 Å². The minimum Gasteiger partial charge on any atom is -0.396 e. The van der Waals surface area contributed by atoms with E-state index in [9.17, 15) is 14.0 Å². The van der Waals surface area contributed by atoms with Crippen LogP contribution in [-0.4, -0.2) is 38.6 Å². The average Bonchev–Trinajstić information content (AvgIpc) is 2.42. The summed E-state index contributed by atoms with van der Waals surface area (Å²) < 4.78 is 18.0. The van der Waals surface area contributed by atoms with Crippen LogP contribution in [0.5, 0.6) is 0 Å². The Balaban J connectivity index is 2.32. The highest BCUT2D eigenvalue weighted by atomic mass is 19.1. The Labute approximate surface area is 116 Å². The lowest BCUT2D eigenvalue weighted by atomic mass is 10.2. The number of benzene rings is 1. The van der Waals surface area contributed by atoms with E-state index in [4.69, 9.17) is 10.5 Å². The van der Waals surface area contributed by atoms with Crippen LogP contribution in [0, 0.1) is 5.82 Å². The van der Waals surface area contributed by atoms with Crippen LogP contribution in [0.1, 0.15) is 16.8 Å². The molecule has 110 valence electrons. The molecule has 1 aromatic rings. The Morgan fingerprint density at radius 3 is 2.70 bits per heavy atom. The van der Waals surface area contributed by atoms with Crippen molar-refractivity contribution in [2.24, 2.45) is 0 Å². The van der Waals surface area contributed by atoms with E-state index in [-0.39, 0.29) is 30.1 Å². The van der Waals surface area contributed by atoms with Gasteiger partial charge in [0.15, 0.2) is 0 Å². The van der Waals surface area contributed by atoms with Crippen molar-refractivity contribution in [1.29, 1.82) is 0 Å². The van der Waals surface area contributed by atoms with E-state index in [1.165, 1.54) is 19.2 Å². The van der Waals surface area contributed by atoms with Gasteiger partial charge in [0.05, 0.1) is 12.3 Å². The maximum Gasteiger partial charge on any atom is 0.251 e. The first kappa shape index (κ1) is 15.9. The number of rotatable bonds is 7. The molecule has 0 aromatic heterocycles. The number of carbonyl (C=O) groups is 2. The number of methoxy groups -OCH3 is 1. The summed E-state index contributed by atoms with van der Waals surface area (Å²) in [6.45, 7) is 1.03. The van der Waals surface area contributed by atoms with Crippen molar-refractivity contribution in [3.05, 3.63) is 29.6 Å². The van der Waals surface area contributed by atoms with E-state index < -0.39 is 11.7 Å². The number of nitrogen functional groups attached to an aromatic ring is 1. The third-order valence-corrected chi connectivity index (χ3v) is 2.53. The van der Waals surface area contributed by atoms with Crippen LogP contribution >= 0.6 is 0 Å². The molecular formula is C13H18FN3O3. The van der Waals surface area contributed by atoms with E-state index in [0.29, 0.717) is 13.2 Å². The number of anilines is 1. The molecule has 20 heavy (non-hydrogen) atoms. The highest BCUT2D eigenvalue weighted by Crippen LogP contribution is 2.11. The van der Waals surface area contributed by atoms with Crippen LogP contribution in [0.3, 0.4) is 0 Å². The van der Waals surface area contributed by atoms with Crippen molar-refractivity contribution in [1.82, 2.24) is 10.6 Å². The van der Waals surface area contributed by atoms with Gasteiger partial charge in [0.25, 0.3) is 5.91 Å². The van der Waals surface area contributed by atoms with Crippen LogP contribution in [0.4, 0.5) is 10.1 Å². The first-order valence-electron chi connectivity index (χ1n) is 6.13. The number of hydrogen-bond donors (Lipinski definition) is 3. The predicted octanol–water partition coefficient (Wildman–Crippen LogP) is 0.290. The second-order valence-electron chi connectivity index (χ2n) is 4.08. The number of halogens is 1. The molecule has 6 nitrogen and oxygen atoms in total. The van der Waals surface area contributed by atoms with E-state index in [2.05, 4.69) is 10.6 Å². The molecule has 0 radical (unpaired) electrons. The maximum atomic E-state index is 13.2. The summed E-state index contributed by atoms with van der Waals surface area (Å²) >= 11 is 0. The lowest BCUT2D eigenvalue weighted by molar-refractivity contribution is -0.121. The molecule has 4 N–H and O–H groups in total. The topological polar surface area (TPSA) is 93.5 Å². The van der Waals surface area contributed by atoms with Gasteiger partial charge in [-0.2, -0.15) is 0 Å².